The van der Waals surface area contributed by atoms with E-state index in [2.05, 4.69) is 10.3 Å². The summed E-state index contributed by atoms with van der Waals surface area (Å²) in [4.78, 5) is 14.7. The highest BCUT2D eigenvalue weighted by Crippen LogP contribution is 2.28. The summed E-state index contributed by atoms with van der Waals surface area (Å²) >= 11 is 0. The highest BCUT2D eigenvalue weighted by atomic mass is 16.6. The van der Waals surface area contributed by atoms with Crippen LogP contribution in [0.3, 0.4) is 0 Å². The first-order valence-electron chi connectivity index (χ1n) is 5.98. The lowest BCUT2D eigenvalue weighted by atomic mass is 10.1. The number of rotatable bonds is 4. The predicted octanol–water partition coefficient (Wildman–Crippen LogP) is 3.03. The van der Waals surface area contributed by atoms with E-state index in [1.807, 2.05) is 25.1 Å². The van der Waals surface area contributed by atoms with Gasteiger partial charge >= 0.3 is 0 Å². The zero-order valence-electron chi connectivity index (χ0n) is 10.8. The highest BCUT2D eigenvalue weighted by molar-refractivity contribution is 5.64. The van der Waals surface area contributed by atoms with Gasteiger partial charge in [-0.1, -0.05) is 6.07 Å². The molecule has 0 aliphatic carbocycles. The van der Waals surface area contributed by atoms with Crippen molar-refractivity contribution in [3.8, 4) is 6.07 Å². The van der Waals surface area contributed by atoms with Crippen molar-refractivity contribution >= 4 is 11.4 Å². The maximum absolute atomic E-state index is 11.0. The minimum absolute atomic E-state index is 0.0632. The summed E-state index contributed by atoms with van der Waals surface area (Å²) in [5.74, 6) is 0. The summed E-state index contributed by atoms with van der Waals surface area (Å²) in [6.45, 7) is 1.85. The van der Waals surface area contributed by atoms with Gasteiger partial charge in [0.1, 0.15) is 5.69 Å². The molecular weight excluding hydrogens is 256 g/mol. The minimum Gasteiger partial charge on any atom is -0.371 e. The SMILES string of the molecule is CC(Nc1cc(C#N)ccc1[N+](=O)[O-])c1ccccn1. The van der Waals surface area contributed by atoms with E-state index in [9.17, 15) is 10.1 Å². The van der Waals surface area contributed by atoms with Crippen molar-refractivity contribution in [2.45, 2.75) is 13.0 Å². The summed E-state index contributed by atoms with van der Waals surface area (Å²) in [6, 6.07) is 11.5. The third kappa shape index (κ3) is 2.90. The van der Waals surface area contributed by atoms with E-state index < -0.39 is 4.92 Å². The average Bonchev–Trinajstić information content (AvgIpc) is 2.47. The zero-order chi connectivity index (χ0) is 14.5. The standard InChI is InChI=1S/C14H12N4O2/c1-10(12-4-2-3-7-16-12)17-13-8-11(9-15)5-6-14(13)18(19)20/h2-8,10,17H,1H3. The first-order valence-corrected chi connectivity index (χ1v) is 5.98. The number of pyridine rings is 1. The number of aromatic nitrogens is 1. The molecule has 0 saturated carbocycles. The van der Waals surface area contributed by atoms with Crippen molar-refractivity contribution in [1.82, 2.24) is 4.98 Å². The van der Waals surface area contributed by atoms with Crippen LogP contribution in [0, 0.1) is 21.4 Å². The van der Waals surface area contributed by atoms with E-state index >= 15 is 0 Å². The van der Waals surface area contributed by atoms with Crippen LogP contribution in [0.15, 0.2) is 42.6 Å². The molecule has 0 amide bonds. The van der Waals surface area contributed by atoms with Crippen LogP contribution in [0.25, 0.3) is 0 Å². The Morgan fingerprint density at radius 1 is 1.40 bits per heavy atom. The third-order valence-electron chi connectivity index (χ3n) is 2.83. The number of hydrogen-bond acceptors (Lipinski definition) is 5. The number of hydrogen-bond donors (Lipinski definition) is 1. The van der Waals surface area contributed by atoms with E-state index in [4.69, 9.17) is 5.26 Å². The Bertz CT molecular complexity index is 665. The molecule has 0 saturated heterocycles. The van der Waals surface area contributed by atoms with Crippen molar-refractivity contribution < 1.29 is 4.92 Å². The van der Waals surface area contributed by atoms with E-state index in [-0.39, 0.29) is 11.7 Å². The molecule has 0 radical (unpaired) electrons. The van der Waals surface area contributed by atoms with Gasteiger partial charge in [-0.05, 0) is 31.2 Å². The van der Waals surface area contributed by atoms with Crippen LogP contribution in [0.1, 0.15) is 24.2 Å². The molecule has 1 heterocycles. The van der Waals surface area contributed by atoms with E-state index in [0.29, 0.717) is 11.3 Å². The van der Waals surface area contributed by atoms with Gasteiger partial charge in [-0.15, -0.1) is 0 Å². The normalized spacial score (nSPS) is 11.4. The predicted molar refractivity (Wildman–Crippen MR) is 74.1 cm³/mol. The molecule has 0 aliphatic heterocycles. The van der Waals surface area contributed by atoms with Crippen LogP contribution in [0.2, 0.25) is 0 Å². The monoisotopic (exact) mass is 268 g/mol. The highest BCUT2D eigenvalue weighted by Gasteiger charge is 2.17. The molecule has 100 valence electrons. The van der Waals surface area contributed by atoms with E-state index in [1.54, 1.807) is 12.3 Å². The van der Waals surface area contributed by atoms with Crippen molar-refractivity contribution in [3.05, 3.63) is 64.0 Å². The molecule has 0 bridgehead atoms. The first kappa shape index (κ1) is 13.5. The van der Waals surface area contributed by atoms with Gasteiger partial charge in [-0.3, -0.25) is 15.1 Å². The molecule has 6 nitrogen and oxygen atoms in total. The van der Waals surface area contributed by atoms with Gasteiger partial charge in [-0.2, -0.15) is 5.26 Å². The molecule has 1 aromatic heterocycles. The molecule has 1 N–H and O–H groups in total. The van der Waals surface area contributed by atoms with Crippen LogP contribution in [-0.2, 0) is 0 Å². The van der Waals surface area contributed by atoms with Crippen molar-refractivity contribution in [2.24, 2.45) is 0 Å². The third-order valence-corrected chi connectivity index (χ3v) is 2.83. The number of nitro benzene ring substituents is 1. The summed E-state index contributed by atoms with van der Waals surface area (Å²) in [5, 5.41) is 22.9. The number of nitrogens with one attached hydrogen (secondary N) is 1. The van der Waals surface area contributed by atoms with Gasteiger partial charge in [0.05, 0.1) is 28.3 Å². The summed E-state index contributed by atoms with van der Waals surface area (Å²) in [5.41, 5.74) is 1.38. The molecule has 0 aliphatic rings. The Labute approximate surface area is 115 Å². The van der Waals surface area contributed by atoms with Crippen molar-refractivity contribution in [1.29, 1.82) is 5.26 Å². The number of nitrogens with zero attached hydrogens (tertiary/aromatic N) is 3. The number of nitro groups is 1. The fourth-order valence-electron chi connectivity index (χ4n) is 1.82. The number of benzene rings is 1. The van der Waals surface area contributed by atoms with Crippen LogP contribution >= 0.6 is 0 Å². The quantitative estimate of drug-likeness (QED) is 0.679. The molecule has 1 atom stereocenters. The summed E-state index contributed by atoms with van der Waals surface area (Å²) in [6.07, 6.45) is 1.66. The molecule has 0 spiro atoms. The Hall–Kier alpha value is -2.94. The topological polar surface area (TPSA) is 91.8 Å². The van der Waals surface area contributed by atoms with E-state index in [0.717, 1.165) is 5.69 Å². The van der Waals surface area contributed by atoms with Gasteiger partial charge in [-0.25, -0.2) is 0 Å². The van der Waals surface area contributed by atoms with Gasteiger partial charge in [0.15, 0.2) is 0 Å². The first-order chi connectivity index (χ1) is 9.61. The number of anilines is 1. The fourth-order valence-corrected chi connectivity index (χ4v) is 1.82. The molecule has 1 aromatic carbocycles. The van der Waals surface area contributed by atoms with Crippen LogP contribution < -0.4 is 5.32 Å². The van der Waals surface area contributed by atoms with Crippen LogP contribution in [0.4, 0.5) is 11.4 Å². The molecule has 0 fully saturated rings. The Balaban J connectivity index is 2.32. The summed E-state index contributed by atoms with van der Waals surface area (Å²) < 4.78 is 0. The smallest absolute Gasteiger partial charge is 0.292 e. The summed E-state index contributed by atoms with van der Waals surface area (Å²) in [7, 11) is 0. The molecule has 6 heteroatoms. The maximum Gasteiger partial charge on any atom is 0.292 e. The van der Waals surface area contributed by atoms with Gasteiger partial charge < -0.3 is 5.32 Å². The Kier molecular flexibility index (Phi) is 3.91. The molecule has 20 heavy (non-hydrogen) atoms. The molecule has 2 rings (SSSR count). The van der Waals surface area contributed by atoms with E-state index in [1.165, 1.54) is 18.2 Å². The van der Waals surface area contributed by atoms with Crippen LogP contribution in [0.5, 0.6) is 0 Å². The number of nitriles is 1. The second kappa shape index (κ2) is 5.80. The Morgan fingerprint density at radius 3 is 2.80 bits per heavy atom. The van der Waals surface area contributed by atoms with Gasteiger partial charge in [0.2, 0.25) is 0 Å². The van der Waals surface area contributed by atoms with Crippen molar-refractivity contribution in [3.63, 3.8) is 0 Å². The second-order valence-electron chi connectivity index (χ2n) is 4.22. The average molecular weight is 268 g/mol. The Morgan fingerprint density at radius 2 is 2.20 bits per heavy atom. The van der Waals surface area contributed by atoms with Gasteiger partial charge in [0.25, 0.3) is 5.69 Å². The maximum atomic E-state index is 11.0. The molecular formula is C14H12N4O2. The van der Waals surface area contributed by atoms with Gasteiger partial charge in [0, 0.05) is 12.3 Å². The lowest BCUT2D eigenvalue weighted by Crippen LogP contribution is -2.09. The molecule has 1 unspecified atom stereocenters. The zero-order valence-corrected chi connectivity index (χ0v) is 10.8. The second-order valence-corrected chi connectivity index (χ2v) is 4.22. The van der Waals surface area contributed by atoms with Crippen molar-refractivity contribution in [2.75, 3.05) is 5.32 Å². The lowest BCUT2D eigenvalue weighted by molar-refractivity contribution is -0.384. The van der Waals surface area contributed by atoms with Crippen LogP contribution in [-0.4, -0.2) is 9.91 Å². The largest absolute Gasteiger partial charge is 0.371 e. The minimum atomic E-state index is -0.478. The molecule has 2 aromatic rings. The lowest BCUT2D eigenvalue weighted by Gasteiger charge is -2.14. The fraction of sp³-hybridized carbons (Fsp3) is 0.143.